The Kier molecular flexibility index (Phi) is 9.01. The Morgan fingerprint density at radius 3 is 2.29 bits per heavy atom. The quantitative estimate of drug-likeness (QED) is 0.591. The Bertz CT molecular complexity index is 797. The second-order valence-electron chi connectivity index (χ2n) is 10.7. The van der Waals surface area contributed by atoms with Crippen LogP contribution in [0.25, 0.3) is 0 Å². The minimum atomic E-state index is -0.0481. The molecule has 0 radical (unpaired) electrons. The monoisotopic (exact) mass is 468 g/mol. The van der Waals surface area contributed by atoms with E-state index in [2.05, 4.69) is 22.0 Å². The molecule has 6 heteroatoms. The molecule has 0 spiro atoms. The van der Waals surface area contributed by atoms with Gasteiger partial charge in [-0.05, 0) is 70.5 Å². The molecule has 4 rings (SSSR count). The summed E-state index contributed by atoms with van der Waals surface area (Å²) in [6, 6.07) is 8.46. The molecule has 2 amide bonds. The number of hydrogen-bond acceptors (Lipinski definition) is 4. The van der Waals surface area contributed by atoms with Crippen LogP contribution in [0.1, 0.15) is 74.2 Å². The third-order valence-electron chi connectivity index (χ3n) is 8.27. The fourth-order valence-electron chi connectivity index (χ4n) is 6.12. The largest absolute Gasteiger partial charge is 0.355 e. The number of nitrogens with one attached hydrogen (secondary N) is 1. The number of aryl methyl sites for hydroxylation is 1. The van der Waals surface area contributed by atoms with E-state index in [0.717, 1.165) is 56.6 Å². The highest BCUT2D eigenvalue weighted by Gasteiger charge is 2.37. The van der Waals surface area contributed by atoms with Crippen LogP contribution >= 0.6 is 0 Å². The highest BCUT2D eigenvalue weighted by Crippen LogP contribution is 2.31. The highest BCUT2D eigenvalue weighted by molar-refractivity contribution is 5.94. The normalized spacial score (nSPS) is 23.7. The molecule has 2 saturated heterocycles. The molecule has 1 aromatic carbocycles. The van der Waals surface area contributed by atoms with Gasteiger partial charge in [-0.3, -0.25) is 14.5 Å². The average molecular weight is 469 g/mol. The van der Waals surface area contributed by atoms with Crippen molar-refractivity contribution >= 4 is 11.8 Å². The average Bonchev–Trinajstić information content (AvgIpc) is 3.38. The van der Waals surface area contributed by atoms with Gasteiger partial charge < -0.3 is 15.1 Å². The van der Waals surface area contributed by atoms with E-state index in [4.69, 9.17) is 0 Å². The Hall–Kier alpha value is -1.92. The fourth-order valence-corrected chi connectivity index (χ4v) is 6.12. The highest BCUT2D eigenvalue weighted by atomic mass is 16.2. The molecule has 34 heavy (non-hydrogen) atoms. The lowest BCUT2D eigenvalue weighted by Gasteiger charge is -2.41. The van der Waals surface area contributed by atoms with Crippen LogP contribution in [0.2, 0.25) is 0 Å². The van der Waals surface area contributed by atoms with E-state index in [1.165, 1.54) is 38.6 Å². The SMILES string of the molecule is Cc1ccc(C(=O)N2CCN([C@@H](C(=O)NCCCN3CCCC[C@@H]3C)C3CCCC3)CC2)cc1. The molecule has 0 aromatic heterocycles. The molecular weight excluding hydrogens is 424 g/mol. The first-order chi connectivity index (χ1) is 16.5. The van der Waals surface area contributed by atoms with E-state index in [0.29, 0.717) is 25.0 Å². The van der Waals surface area contributed by atoms with Crippen molar-refractivity contribution in [3.05, 3.63) is 35.4 Å². The van der Waals surface area contributed by atoms with E-state index < -0.39 is 0 Å². The Labute approximate surface area is 206 Å². The zero-order valence-electron chi connectivity index (χ0n) is 21.3. The topological polar surface area (TPSA) is 55.9 Å². The van der Waals surface area contributed by atoms with Crippen LogP contribution in [0, 0.1) is 12.8 Å². The van der Waals surface area contributed by atoms with Gasteiger partial charge in [0, 0.05) is 50.9 Å². The van der Waals surface area contributed by atoms with Crippen molar-refractivity contribution < 1.29 is 9.59 Å². The maximum atomic E-state index is 13.4. The van der Waals surface area contributed by atoms with Crippen LogP contribution in [0.5, 0.6) is 0 Å². The predicted octanol–water partition coefficient (Wildman–Crippen LogP) is 3.69. The summed E-state index contributed by atoms with van der Waals surface area (Å²) in [6.07, 6.45) is 9.72. The smallest absolute Gasteiger partial charge is 0.253 e. The van der Waals surface area contributed by atoms with Crippen molar-refractivity contribution in [1.29, 1.82) is 0 Å². The summed E-state index contributed by atoms with van der Waals surface area (Å²) in [5.41, 5.74) is 1.92. The molecule has 188 valence electrons. The molecule has 3 fully saturated rings. The number of benzene rings is 1. The van der Waals surface area contributed by atoms with Gasteiger partial charge in [0.1, 0.15) is 0 Å². The zero-order valence-corrected chi connectivity index (χ0v) is 21.3. The fraction of sp³-hybridized carbons (Fsp3) is 0.714. The van der Waals surface area contributed by atoms with Crippen molar-refractivity contribution in [2.24, 2.45) is 5.92 Å². The van der Waals surface area contributed by atoms with Gasteiger partial charge in [0.05, 0.1) is 6.04 Å². The van der Waals surface area contributed by atoms with Gasteiger partial charge in [0.25, 0.3) is 5.91 Å². The van der Waals surface area contributed by atoms with Crippen LogP contribution in [0.15, 0.2) is 24.3 Å². The van der Waals surface area contributed by atoms with Crippen LogP contribution in [-0.2, 0) is 4.79 Å². The number of piperazine rings is 1. The second kappa shape index (κ2) is 12.2. The summed E-state index contributed by atoms with van der Waals surface area (Å²) in [6.45, 7) is 10.3. The summed E-state index contributed by atoms with van der Waals surface area (Å²) in [4.78, 5) is 33.2. The van der Waals surface area contributed by atoms with E-state index in [9.17, 15) is 9.59 Å². The van der Waals surface area contributed by atoms with Crippen molar-refractivity contribution in [3.8, 4) is 0 Å². The minimum absolute atomic E-state index is 0.0481. The second-order valence-corrected chi connectivity index (χ2v) is 10.7. The molecule has 6 nitrogen and oxygen atoms in total. The number of amides is 2. The van der Waals surface area contributed by atoms with E-state index in [1.54, 1.807) is 0 Å². The molecule has 1 aliphatic carbocycles. The molecule has 0 bridgehead atoms. The lowest BCUT2D eigenvalue weighted by atomic mass is 9.95. The lowest BCUT2D eigenvalue weighted by Crippen LogP contribution is -2.58. The van der Waals surface area contributed by atoms with E-state index >= 15 is 0 Å². The van der Waals surface area contributed by atoms with Gasteiger partial charge in [0.15, 0.2) is 0 Å². The molecule has 3 aliphatic rings. The van der Waals surface area contributed by atoms with Gasteiger partial charge in [-0.25, -0.2) is 0 Å². The Balaban J connectivity index is 1.28. The standard InChI is InChI=1S/C28H44N4O2/c1-22-11-13-25(14-12-22)28(34)32-20-18-31(19-21-32)26(24-9-3-4-10-24)27(33)29-15-7-17-30-16-6-5-8-23(30)2/h11-14,23-24,26H,3-10,15-21H2,1-2H3,(H,29,33)/t23-,26+/m0/s1. The van der Waals surface area contributed by atoms with Crippen molar-refractivity contribution in [3.63, 3.8) is 0 Å². The number of nitrogens with zero attached hydrogens (tertiary/aromatic N) is 3. The van der Waals surface area contributed by atoms with Crippen molar-refractivity contribution in [2.45, 2.75) is 77.3 Å². The first kappa shape index (κ1) is 25.2. The third kappa shape index (κ3) is 6.39. The van der Waals surface area contributed by atoms with Gasteiger partial charge in [-0.2, -0.15) is 0 Å². The summed E-state index contributed by atoms with van der Waals surface area (Å²) < 4.78 is 0. The maximum absolute atomic E-state index is 13.4. The molecule has 1 saturated carbocycles. The molecule has 0 unspecified atom stereocenters. The number of rotatable bonds is 8. The molecule has 2 heterocycles. The van der Waals surface area contributed by atoms with E-state index in [1.807, 2.05) is 36.1 Å². The summed E-state index contributed by atoms with van der Waals surface area (Å²) in [7, 11) is 0. The van der Waals surface area contributed by atoms with Gasteiger partial charge in [-0.1, -0.05) is 37.0 Å². The van der Waals surface area contributed by atoms with Gasteiger partial charge in [-0.15, -0.1) is 0 Å². The number of carbonyl (C=O) groups is 2. The number of likely N-dealkylation sites (tertiary alicyclic amines) is 1. The molecular formula is C28H44N4O2. The lowest BCUT2D eigenvalue weighted by molar-refractivity contribution is -0.129. The molecule has 2 aliphatic heterocycles. The van der Waals surface area contributed by atoms with Crippen LogP contribution in [0.4, 0.5) is 0 Å². The van der Waals surface area contributed by atoms with Gasteiger partial charge >= 0.3 is 0 Å². The van der Waals surface area contributed by atoms with E-state index in [-0.39, 0.29) is 17.9 Å². The summed E-state index contributed by atoms with van der Waals surface area (Å²) >= 11 is 0. The van der Waals surface area contributed by atoms with Crippen LogP contribution in [-0.4, -0.2) is 84.4 Å². The predicted molar refractivity (Wildman–Crippen MR) is 137 cm³/mol. The zero-order chi connectivity index (χ0) is 23.9. The van der Waals surface area contributed by atoms with Crippen molar-refractivity contribution in [1.82, 2.24) is 20.0 Å². The molecule has 2 atom stereocenters. The first-order valence-corrected chi connectivity index (χ1v) is 13.6. The van der Waals surface area contributed by atoms with Crippen molar-refractivity contribution in [2.75, 3.05) is 45.8 Å². The molecule has 1 N–H and O–H groups in total. The Morgan fingerprint density at radius 1 is 0.941 bits per heavy atom. The third-order valence-corrected chi connectivity index (χ3v) is 8.27. The number of piperidine rings is 1. The van der Waals surface area contributed by atoms with Crippen LogP contribution < -0.4 is 5.32 Å². The minimum Gasteiger partial charge on any atom is -0.355 e. The first-order valence-electron chi connectivity index (χ1n) is 13.6. The summed E-state index contributed by atoms with van der Waals surface area (Å²) in [5.74, 6) is 0.756. The maximum Gasteiger partial charge on any atom is 0.253 e. The number of hydrogen-bond donors (Lipinski definition) is 1. The summed E-state index contributed by atoms with van der Waals surface area (Å²) in [5, 5.41) is 3.29. The Morgan fingerprint density at radius 2 is 1.62 bits per heavy atom. The van der Waals surface area contributed by atoms with Crippen LogP contribution in [0.3, 0.4) is 0 Å². The van der Waals surface area contributed by atoms with Gasteiger partial charge in [0.2, 0.25) is 5.91 Å². The number of carbonyl (C=O) groups excluding carboxylic acids is 2. The molecule has 1 aromatic rings.